The molecular weight excluding hydrogens is 456 g/mol. The van der Waals surface area contributed by atoms with E-state index in [1.54, 1.807) is 12.2 Å². The quantitative estimate of drug-likeness (QED) is 0.328. The number of epoxide rings is 1. The van der Waals surface area contributed by atoms with Gasteiger partial charge in [-0.2, -0.15) is 0 Å². The molecule has 0 amide bonds. The standard InChI is InChI=1S/C30H42O6/c1-21-9-6-12-23-13-7-14-24(34-23)15-8-16-29(33)35-27(20-28-30(36-28)26(32)19-21)25(31)18-17-22-10-4-2-3-5-11-22/h2-3,7-8,14,16-18,22-28,30-32H,1,4-6,9-13,15,19-20H2/b16-8-,18-17+/t23-,24+,25+,26+,27?,28+,30+/m1/s1. The van der Waals surface area contributed by atoms with Crippen LogP contribution in [0.4, 0.5) is 0 Å². The lowest BCUT2D eigenvalue weighted by molar-refractivity contribution is -0.148. The molecule has 6 nitrogen and oxygen atoms in total. The van der Waals surface area contributed by atoms with Crippen molar-refractivity contribution in [2.24, 2.45) is 5.92 Å². The monoisotopic (exact) mass is 498 g/mol. The van der Waals surface area contributed by atoms with Crippen LogP contribution in [-0.4, -0.2) is 58.9 Å². The fourth-order valence-corrected chi connectivity index (χ4v) is 5.39. The van der Waals surface area contributed by atoms with Crippen LogP contribution in [0.2, 0.25) is 0 Å². The fraction of sp³-hybridized carbons (Fsp3) is 0.633. The highest BCUT2D eigenvalue weighted by Crippen LogP contribution is 2.34. The normalized spacial score (nSPS) is 36.8. The van der Waals surface area contributed by atoms with E-state index in [1.165, 1.54) is 6.08 Å². The van der Waals surface area contributed by atoms with Crippen molar-refractivity contribution < 1.29 is 29.2 Å². The number of fused-ring (bicyclic) bond motifs is 3. The zero-order valence-corrected chi connectivity index (χ0v) is 21.3. The minimum absolute atomic E-state index is 0.0595. The molecule has 3 heterocycles. The summed E-state index contributed by atoms with van der Waals surface area (Å²) < 4.78 is 17.6. The smallest absolute Gasteiger partial charge is 0.330 e. The lowest BCUT2D eigenvalue weighted by Gasteiger charge is -2.25. The number of ether oxygens (including phenoxy) is 3. The first-order valence-electron chi connectivity index (χ1n) is 13.7. The molecular formula is C30H42O6. The summed E-state index contributed by atoms with van der Waals surface area (Å²) in [4.78, 5) is 12.6. The van der Waals surface area contributed by atoms with Gasteiger partial charge >= 0.3 is 5.97 Å². The fourth-order valence-electron chi connectivity index (χ4n) is 5.39. The van der Waals surface area contributed by atoms with Gasteiger partial charge in [-0.3, -0.25) is 0 Å². The van der Waals surface area contributed by atoms with Crippen LogP contribution in [0.15, 0.2) is 60.8 Å². The lowest BCUT2D eigenvalue weighted by atomic mass is 9.96. The Morgan fingerprint density at radius 3 is 2.67 bits per heavy atom. The van der Waals surface area contributed by atoms with Crippen molar-refractivity contribution in [3.63, 3.8) is 0 Å². The van der Waals surface area contributed by atoms with Crippen LogP contribution in [0.5, 0.6) is 0 Å². The Hall–Kier alpha value is -1.99. The first-order chi connectivity index (χ1) is 17.5. The molecule has 36 heavy (non-hydrogen) atoms. The SMILES string of the molecule is C=C1CCC[C@@H]2CC=C[C@@H](C/C=C\C(=O)OC([C@@H](O)/C=C/C3CCC=CCC3)C[C@@H]3O[C@H]3[C@@H](O)C1)O2. The van der Waals surface area contributed by atoms with E-state index in [2.05, 4.69) is 30.9 Å². The molecule has 0 aromatic heterocycles. The van der Waals surface area contributed by atoms with Crippen molar-refractivity contribution in [2.45, 2.75) is 113 Å². The molecule has 4 aliphatic rings. The zero-order valence-electron chi connectivity index (χ0n) is 21.3. The Bertz CT molecular complexity index is 848. The summed E-state index contributed by atoms with van der Waals surface area (Å²) in [7, 11) is 0. The maximum atomic E-state index is 12.6. The molecule has 4 rings (SSSR count). The van der Waals surface area contributed by atoms with Crippen LogP contribution in [0.3, 0.4) is 0 Å². The summed E-state index contributed by atoms with van der Waals surface area (Å²) in [6.45, 7) is 4.15. The molecule has 0 spiro atoms. The number of esters is 1. The second-order valence-electron chi connectivity index (χ2n) is 10.6. The molecule has 0 saturated carbocycles. The first-order valence-corrected chi connectivity index (χ1v) is 13.7. The van der Waals surface area contributed by atoms with Gasteiger partial charge in [-0.05, 0) is 70.1 Å². The largest absolute Gasteiger partial charge is 0.456 e. The number of hydrogen-bond acceptors (Lipinski definition) is 6. The summed E-state index contributed by atoms with van der Waals surface area (Å²) in [5, 5.41) is 21.6. The molecule has 1 aliphatic carbocycles. The molecule has 0 aromatic rings. The van der Waals surface area contributed by atoms with Gasteiger partial charge in [-0.25, -0.2) is 4.79 Å². The van der Waals surface area contributed by atoms with E-state index < -0.39 is 24.3 Å². The van der Waals surface area contributed by atoms with E-state index in [0.717, 1.165) is 56.9 Å². The predicted octanol–water partition coefficient (Wildman–Crippen LogP) is 4.87. The maximum Gasteiger partial charge on any atom is 0.330 e. The molecule has 0 aromatic carbocycles. The molecule has 1 unspecified atom stereocenters. The van der Waals surface area contributed by atoms with E-state index >= 15 is 0 Å². The second kappa shape index (κ2) is 13.5. The Morgan fingerprint density at radius 2 is 1.86 bits per heavy atom. The minimum atomic E-state index is -0.938. The highest BCUT2D eigenvalue weighted by atomic mass is 16.6. The summed E-state index contributed by atoms with van der Waals surface area (Å²) in [6.07, 6.45) is 22.1. The maximum absolute atomic E-state index is 12.6. The van der Waals surface area contributed by atoms with Crippen LogP contribution >= 0.6 is 0 Å². The van der Waals surface area contributed by atoms with Crippen LogP contribution in [0, 0.1) is 5.92 Å². The number of rotatable bonds is 3. The number of aliphatic hydroxyl groups is 2. The average molecular weight is 499 g/mol. The van der Waals surface area contributed by atoms with Gasteiger partial charge in [0.2, 0.25) is 0 Å². The molecule has 3 aliphatic heterocycles. The number of aliphatic hydroxyl groups excluding tert-OH is 2. The first kappa shape index (κ1) is 27.1. The van der Waals surface area contributed by atoms with E-state index in [-0.39, 0.29) is 24.4 Å². The van der Waals surface area contributed by atoms with Crippen molar-refractivity contribution in [2.75, 3.05) is 0 Å². The number of hydrogen-bond donors (Lipinski definition) is 2. The van der Waals surface area contributed by atoms with Gasteiger partial charge < -0.3 is 24.4 Å². The Kier molecular flexibility index (Phi) is 10.2. The Balaban J connectivity index is 1.42. The summed E-state index contributed by atoms with van der Waals surface area (Å²) in [5.41, 5.74) is 1.01. The van der Waals surface area contributed by atoms with Crippen molar-refractivity contribution >= 4 is 5.97 Å². The van der Waals surface area contributed by atoms with Gasteiger partial charge in [0.25, 0.3) is 0 Å². The van der Waals surface area contributed by atoms with Crippen LogP contribution in [-0.2, 0) is 19.0 Å². The molecule has 1 saturated heterocycles. The second-order valence-corrected chi connectivity index (χ2v) is 10.6. The van der Waals surface area contributed by atoms with Gasteiger partial charge in [0, 0.05) is 12.5 Å². The molecule has 6 heteroatoms. The number of cyclic esters (lactones) is 1. The van der Waals surface area contributed by atoms with Crippen LogP contribution in [0.1, 0.15) is 70.6 Å². The van der Waals surface area contributed by atoms with E-state index in [9.17, 15) is 15.0 Å². The summed E-state index contributed by atoms with van der Waals surface area (Å²) in [5.74, 6) is -0.0933. The number of carbonyl (C=O) groups excluding carboxylic acids is 1. The molecule has 7 atom stereocenters. The molecule has 1 fully saturated rings. The zero-order chi connectivity index (χ0) is 25.3. The van der Waals surface area contributed by atoms with Crippen molar-refractivity contribution in [1.29, 1.82) is 0 Å². The molecule has 2 N–H and O–H groups in total. The third-order valence-electron chi connectivity index (χ3n) is 7.56. The van der Waals surface area contributed by atoms with Gasteiger partial charge in [0.15, 0.2) is 0 Å². The van der Waals surface area contributed by atoms with Crippen molar-refractivity contribution in [1.82, 2.24) is 0 Å². The Morgan fingerprint density at radius 1 is 1.06 bits per heavy atom. The van der Waals surface area contributed by atoms with Crippen molar-refractivity contribution in [3.05, 3.63) is 60.8 Å². The molecule has 2 bridgehead atoms. The van der Waals surface area contributed by atoms with Gasteiger partial charge in [0.05, 0.1) is 24.4 Å². The van der Waals surface area contributed by atoms with Crippen LogP contribution < -0.4 is 0 Å². The van der Waals surface area contributed by atoms with Crippen molar-refractivity contribution in [3.8, 4) is 0 Å². The van der Waals surface area contributed by atoms with Gasteiger partial charge in [0.1, 0.15) is 18.3 Å². The minimum Gasteiger partial charge on any atom is -0.456 e. The third kappa shape index (κ3) is 8.55. The van der Waals surface area contributed by atoms with E-state index in [4.69, 9.17) is 14.2 Å². The van der Waals surface area contributed by atoms with E-state index in [1.807, 2.05) is 6.08 Å². The third-order valence-corrected chi connectivity index (χ3v) is 7.56. The molecule has 0 radical (unpaired) electrons. The number of carbonyl (C=O) groups is 1. The predicted molar refractivity (Wildman–Crippen MR) is 139 cm³/mol. The average Bonchev–Trinajstić information content (AvgIpc) is 3.66. The van der Waals surface area contributed by atoms with Crippen LogP contribution in [0.25, 0.3) is 0 Å². The topological polar surface area (TPSA) is 88.5 Å². The van der Waals surface area contributed by atoms with Gasteiger partial charge in [-0.1, -0.05) is 54.7 Å². The number of allylic oxidation sites excluding steroid dienone is 3. The lowest BCUT2D eigenvalue weighted by Crippen LogP contribution is -2.32. The highest BCUT2D eigenvalue weighted by Gasteiger charge is 2.46. The highest BCUT2D eigenvalue weighted by molar-refractivity contribution is 5.82. The summed E-state index contributed by atoms with van der Waals surface area (Å²) >= 11 is 0. The van der Waals surface area contributed by atoms with Gasteiger partial charge in [-0.15, -0.1) is 0 Å². The summed E-state index contributed by atoms with van der Waals surface area (Å²) in [6, 6.07) is 0. The molecule has 198 valence electrons. The Labute approximate surface area is 215 Å². The van der Waals surface area contributed by atoms with E-state index in [0.29, 0.717) is 25.2 Å².